The van der Waals surface area contributed by atoms with Crippen LogP contribution in [-0.4, -0.2) is 52.6 Å². The molecule has 8 heteroatoms. The topological polar surface area (TPSA) is 84.9 Å². The normalized spacial score (nSPS) is 12.5. The molecule has 1 rings (SSSR count). The number of benzene rings is 1. The molecule has 7 nitrogen and oxygen atoms in total. The predicted molar refractivity (Wildman–Crippen MR) is 91.9 cm³/mol. The first kappa shape index (κ1) is 20.2. The summed E-state index contributed by atoms with van der Waals surface area (Å²) < 4.78 is 37.6. The summed E-state index contributed by atoms with van der Waals surface area (Å²) >= 11 is 0. The Balaban J connectivity index is 2.85. The Kier molecular flexibility index (Phi) is 7.50. The Morgan fingerprint density at radius 2 is 1.96 bits per heavy atom. The molecule has 0 saturated carbocycles. The number of ether oxygens (including phenoxy) is 2. The van der Waals surface area contributed by atoms with Crippen LogP contribution in [0.2, 0.25) is 0 Å². The van der Waals surface area contributed by atoms with E-state index in [1.807, 2.05) is 13.8 Å². The standard InChI is InChI=1S/C16H26N2O5S/c1-6-12(2)18(13(3)19)10-9-17-24(20,21)16-8-7-14(22-4)11-15(16)23-5/h7-8,11-12,17H,6,9-10H2,1-5H3. The van der Waals surface area contributed by atoms with Crippen LogP contribution in [0.1, 0.15) is 27.2 Å². The molecule has 1 aromatic rings. The highest BCUT2D eigenvalue weighted by Gasteiger charge is 2.21. The van der Waals surface area contributed by atoms with E-state index < -0.39 is 10.0 Å². The lowest BCUT2D eigenvalue weighted by molar-refractivity contribution is -0.130. The smallest absolute Gasteiger partial charge is 0.244 e. The van der Waals surface area contributed by atoms with Crippen LogP contribution in [0, 0.1) is 0 Å². The van der Waals surface area contributed by atoms with Gasteiger partial charge in [0.15, 0.2) is 0 Å². The number of amides is 1. The fourth-order valence-corrected chi connectivity index (χ4v) is 3.45. The van der Waals surface area contributed by atoms with Crippen molar-refractivity contribution in [3.63, 3.8) is 0 Å². The first-order chi connectivity index (χ1) is 11.3. The number of methoxy groups -OCH3 is 2. The molecule has 0 aromatic heterocycles. The van der Waals surface area contributed by atoms with Crippen molar-refractivity contribution in [2.75, 3.05) is 27.3 Å². The lowest BCUT2D eigenvalue weighted by Gasteiger charge is -2.27. The molecule has 1 atom stereocenters. The minimum absolute atomic E-state index is 0.0312. The highest BCUT2D eigenvalue weighted by molar-refractivity contribution is 7.89. The number of nitrogens with zero attached hydrogens (tertiary/aromatic N) is 1. The lowest BCUT2D eigenvalue weighted by Crippen LogP contribution is -2.42. The van der Waals surface area contributed by atoms with E-state index >= 15 is 0 Å². The minimum Gasteiger partial charge on any atom is -0.497 e. The maximum absolute atomic E-state index is 12.5. The van der Waals surface area contributed by atoms with Gasteiger partial charge in [0.05, 0.1) is 14.2 Å². The first-order valence-electron chi connectivity index (χ1n) is 7.75. The van der Waals surface area contributed by atoms with E-state index in [1.165, 1.54) is 33.3 Å². The number of carbonyl (C=O) groups is 1. The second-order valence-electron chi connectivity index (χ2n) is 5.38. The zero-order valence-corrected chi connectivity index (χ0v) is 15.6. The van der Waals surface area contributed by atoms with E-state index in [0.29, 0.717) is 12.3 Å². The number of sulfonamides is 1. The van der Waals surface area contributed by atoms with Gasteiger partial charge in [-0.25, -0.2) is 13.1 Å². The largest absolute Gasteiger partial charge is 0.497 e. The van der Waals surface area contributed by atoms with Gasteiger partial charge in [-0.3, -0.25) is 4.79 Å². The third-order valence-corrected chi connectivity index (χ3v) is 5.33. The Labute approximate surface area is 144 Å². The number of carbonyl (C=O) groups excluding carboxylic acids is 1. The summed E-state index contributed by atoms with van der Waals surface area (Å²) in [5.41, 5.74) is 0. The van der Waals surface area contributed by atoms with E-state index in [1.54, 1.807) is 11.0 Å². The van der Waals surface area contributed by atoms with Crippen molar-refractivity contribution in [1.29, 1.82) is 0 Å². The van der Waals surface area contributed by atoms with E-state index in [2.05, 4.69) is 4.72 Å². The molecule has 0 aliphatic heterocycles. The number of nitrogens with one attached hydrogen (secondary N) is 1. The fraction of sp³-hybridized carbons (Fsp3) is 0.562. The minimum atomic E-state index is -3.75. The second kappa shape index (κ2) is 8.89. The summed E-state index contributed by atoms with van der Waals surface area (Å²) in [6, 6.07) is 4.55. The molecule has 24 heavy (non-hydrogen) atoms. The Bertz CT molecular complexity index is 660. The molecule has 1 N–H and O–H groups in total. The van der Waals surface area contributed by atoms with E-state index in [0.717, 1.165) is 6.42 Å². The van der Waals surface area contributed by atoms with Crippen LogP contribution in [0.4, 0.5) is 0 Å². The molecule has 0 heterocycles. The summed E-state index contributed by atoms with van der Waals surface area (Å²) in [4.78, 5) is 13.3. The van der Waals surface area contributed by atoms with Gasteiger partial charge in [-0.15, -0.1) is 0 Å². The van der Waals surface area contributed by atoms with Gasteiger partial charge in [-0.2, -0.15) is 0 Å². The Morgan fingerprint density at radius 3 is 2.46 bits per heavy atom. The van der Waals surface area contributed by atoms with Gasteiger partial charge in [-0.1, -0.05) is 6.92 Å². The molecular formula is C16H26N2O5S. The molecule has 0 bridgehead atoms. The average molecular weight is 358 g/mol. The number of rotatable bonds is 9. The summed E-state index contributed by atoms with van der Waals surface area (Å²) in [6.45, 7) is 5.83. The lowest BCUT2D eigenvalue weighted by atomic mass is 10.2. The van der Waals surface area contributed by atoms with Crippen LogP contribution in [0.3, 0.4) is 0 Å². The zero-order chi connectivity index (χ0) is 18.3. The predicted octanol–water partition coefficient (Wildman–Crippen LogP) is 1.63. The SMILES string of the molecule is CCC(C)N(CCNS(=O)(=O)c1ccc(OC)cc1OC)C(C)=O. The van der Waals surface area contributed by atoms with Gasteiger partial charge in [0.1, 0.15) is 16.4 Å². The maximum atomic E-state index is 12.5. The van der Waals surface area contributed by atoms with E-state index in [-0.39, 0.29) is 29.1 Å². The molecule has 1 amide bonds. The molecule has 1 aromatic carbocycles. The molecule has 136 valence electrons. The maximum Gasteiger partial charge on any atom is 0.244 e. The van der Waals surface area contributed by atoms with Crippen molar-refractivity contribution in [2.24, 2.45) is 0 Å². The van der Waals surface area contributed by atoms with Crippen LogP contribution in [0.15, 0.2) is 23.1 Å². The van der Waals surface area contributed by atoms with Crippen LogP contribution >= 0.6 is 0 Å². The molecular weight excluding hydrogens is 332 g/mol. The van der Waals surface area contributed by atoms with Crippen molar-refractivity contribution >= 4 is 15.9 Å². The van der Waals surface area contributed by atoms with Gasteiger partial charge in [0.25, 0.3) is 0 Å². The van der Waals surface area contributed by atoms with Crippen molar-refractivity contribution in [1.82, 2.24) is 9.62 Å². The zero-order valence-electron chi connectivity index (χ0n) is 14.8. The summed E-state index contributed by atoms with van der Waals surface area (Å²) in [6.07, 6.45) is 0.804. The monoisotopic (exact) mass is 358 g/mol. The van der Waals surface area contributed by atoms with Gasteiger partial charge >= 0.3 is 0 Å². The van der Waals surface area contributed by atoms with E-state index in [4.69, 9.17) is 9.47 Å². The summed E-state index contributed by atoms with van der Waals surface area (Å²) in [5.74, 6) is 0.628. The quantitative estimate of drug-likeness (QED) is 0.725. The molecule has 0 spiro atoms. The molecule has 0 aliphatic rings. The second-order valence-corrected chi connectivity index (χ2v) is 7.12. The van der Waals surface area contributed by atoms with Crippen LogP contribution in [0.5, 0.6) is 11.5 Å². The Morgan fingerprint density at radius 1 is 1.29 bits per heavy atom. The van der Waals surface area contributed by atoms with Crippen LogP contribution < -0.4 is 14.2 Å². The van der Waals surface area contributed by atoms with Gasteiger partial charge in [0, 0.05) is 32.1 Å². The molecule has 0 saturated heterocycles. The number of hydrogen-bond donors (Lipinski definition) is 1. The Hall–Kier alpha value is -1.80. The van der Waals surface area contributed by atoms with Crippen LogP contribution in [0.25, 0.3) is 0 Å². The first-order valence-corrected chi connectivity index (χ1v) is 9.24. The third kappa shape index (κ3) is 5.10. The fourth-order valence-electron chi connectivity index (χ4n) is 2.28. The molecule has 0 fully saturated rings. The van der Waals surface area contributed by atoms with E-state index in [9.17, 15) is 13.2 Å². The molecule has 0 aliphatic carbocycles. The average Bonchev–Trinajstić information content (AvgIpc) is 2.56. The highest BCUT2D eigenvalue weighted by Crippen LogP contribution is 2.28. The van der Waals surface area contributed by atoms with Crippen LogP contribution in [-0.2, 0) is 14.8 Å². The van der Waals surface area contributed by atoms with Crippen molar-refractivity contribution in [3.05, 3.63) is 18.2 Å². The molecule has 1 unspecified atom stereocenters. The molecule has 0 radical (unpaired) electrons. The highest BCUT2D eigenvalue weighted by atomic mass is 32.2. The summed E-state index contributed by atoms with van der Waals surface area (Å²) in [7, 11) is -0.861. The summed E-state index contributed by atoms with van der Waals surface area (Å²) in [5, 5.41) is 0. The van der Waals surface area contributed by atoms with Crippen molar-refractivity contribution in [2.45, 2.75) is 38.1 Å². The third-order valence-electron chi connectivity index (χ3n) is 3.83. The van der Waals surface area contributed by atoms with Crippen molar-refractivity contribution in [3.8, 4) is 11.5 Å². The van der Waals surface area contributed by atoms with Gasteiger partial charge in [0.2, 0.25) is 15.9 Å². The number of hydrogen-bond acceptors (Lipinski definition) is 5. The van der Waals surface area contributed by atoms with Gasteiger partial charge in [-0.05, 0) is 25.5 Å². The van der Waals surface area contributed by atoms with Crippen molar-refractivity contribution < 1.29 is 22.7 Å². The van der Waals surface area contributed by atoms with Gasteiger partial charge < -0.3 is 14.4 Å².